The highest BCUT2D eigenvalue weighted by atomic mass is 35.5. The molecule has 22 heavy (non-hydrogen) atoms. The summed E-state index contributed by atoms with van der Waals surface area (Å²) in [5, 5.41) is 11.3. The number of benzene rings is 1. The van der Waals surface area contributed by atoms with E-state index in [1.165, 1.54) is 0 Å². The molecule has 0 spiro atoms. The van der Waals surface area contributed by atoms with E-state index < -0.39 is 17.4 Å². The summed E-state index contributed by atoms with van der Waals surface area (Å²) >= 11 is 4.72. The Balaban J connectivity index is 0.000000626. The van der Waals surface area contributed by atoms with Gasteiger partial charge in [-0.3, -0.25) is 9.59 Å². The molecule has 8 heteroatoms. The fraction of sp³-hybridized carbons (Fsp3) is 0.357. The van der Waals surface area contributed by atoms with Crippen LogP contribution in [0, 0.1) is 0 Å². The Labute approximate surface area is 133 Å². The van der Waals surface area contributed by atoms with Crippen LogP contribution < -0.4 is 11.1 Å². The number of carboxylic acids is 1. The van der Waals surface area contributed by atoms with Crippen molar-refractivity contribution in [1.29, 1.82) is 0 Å². The van der Waals surface area contributed by atoms with Gasteiger partial charge in [-0.05, 0) is 12.5 Å². The summed E-state index contributed by atoms with van der Waals surface area (Å²) in [6, 6.07) is 8.41. The van der Waals surface area contributed by atoms with E-state index in [-0.39, 0.29) is 18.9 Å². The molecule has 1 rings (SSSR count). The van der Waals surface area contributed by atoms with E-state index in [1.54, 1.807) is 31.2 Å². The first kappa shape index (κ1) is 19.9. The lowest BCUT2D eigenvalue weighted by atomic mass is 10.0. The van der Waals surface area contributed by atoms with Gasteiger partial charge in [0.15, 0.2) is 0 Å². The Hall–Kier alpha value is -2.12. The minimum absolute atomic E-state index is 0.150. The molecule has 0 fully saturated rings. The Bertz CT molecular complexity index is 481. The molecule has 1 amide bonds. The van der Waals surface area contributed by atoms with Gasteiger partial charge in [0.2, 0.25) is 5.91 Å². The molecule has 1 aromatic rings. The van der Waals surface area contributed by atoms with Crippen molar-refractivity contribution in [3.8, 4) is 0 Å². The summed E-state index contributed by atoms with van der Waals surface area (Å²) in [6.07, 6.45) is -0.157. The van der Waals surface area contributed by atoms with Crippen molar-refractivity contribution in [2.75, 3.05) is 13.2 Å². The van der Waals surface area contributed by atoms with Crippen LogP contribution in [0.25, 0.3) is 0 Å². The lowest BCUT2D eigenvalue weighted by Crippen LogP contribution is -2.34. The molecule has 4 N–H and O–H groups in total. The number of hydrogen-bond donors (Lipinski definition) is 3. The molecular formula is C14H19ClN2O5. The first-order chi connectivity index (χ1) is 10.4. The molecule has 0 aliphatic rings. The average molecular weight is 331 g/mol. The van der Waals surface area contributed by atoms with Gasteiger partial charge >= 0.3 is 11.4 Å². The van der Waals surface area contributed by atoms with Crippen molar-refractivity contribution in [3.05, 3.63) is 35.9 Å². The van der Waals surface area contributed by atoms with E-state index in [9.17, 15) is 14.4 Å². The Morgan fingerprint density at radius 2 is 1.91 bits per heavy atom. The number of carbonyl (C=O) groups is 3. The minimum atomic E-state index is -0.967. The van der Waals surface area contributed by atoms with E-state index in [0.717, 1.165) is 5.56 Å². The highest BCUT2D eigenvalue weighted by Gasteiger charge is 2.16. The molecule has 0 saturated heterocycles. The van der Waals surface area contributed by atoms with Crippen LogP contribution in [0.15, 0.2) is 30.3 Å². The summed E-state index contributed by atoms with van der Waals surface area (Å²) in [4.78, 5) is 31.4. The van der Waals surface area contributed by atoms with E-state index in [2.05, 4.69) is 10.1 Å². The molecule has 0 aliphatic heterocycles. The van der Waals surface area contributed by atoms with E-state index in [1.807, 2.05) is 6.07 Å². The zero-order valence-corrected chi connectivity index (χ0v) is 12.9. The number of halogens is 1. The smallest absolute Gasteiger partial charge is 0.403 e. The van der Waals surface area contributed by atoms with Gasteiger partial charge in [-0.1, -0.05) is 30.3 Å². The van der Waals surface area contributed by atoms with E-state index >= 15 is 0 Å². The number of carbonyl (C=O) groups excluding carboxylic acids is 2. The number of hydrogen-bond acceptors (Lipinski definition) is 5. The lowest BCUT2D eigenvalue weighted by Gasteiger charge is -2.16. The topological polar surface area (TPSA) is 119 Å². The van der Waals surface area contributed by atoms with Crippen LogP contribution in [0.2, 0.25) is 0 Å². The third-order valence-electron chi connectivity index (χ3n) is 2.36. The summed E-state index contributed by atoms with van der Waals surface area (Å²) in [6.45, 7) is 1.89. The molecular weight excluding hydrogens is 312 g/mol. The van der Waals surface area contributed by atoms with Crippen LogP contribution in [-0.4, -0.2) is 35.6 Å². The molecule has 7 nitrogen and oxygen atoms in total. The second-order valence-electron chi connectivity index (χ2n) is 4.00. The largest absolute Gasteiger partial charge is 0.481 e. The number of ether oxygens (including phenoxy) is 1. The van der Waals surface area contributed by atoms with Gasteiger partial charge in [0.05, 0.1) is 25.6 Å². The Morgan fingerprint density at radius 1 is 1.32 bits per heavy atom. The molecule has 0 aliphatic carbocycles. The average Bonchev–Trinajstić information content (AvgIpc) is 2.47. The number of aliphatic carboxylic acids is 1. The predicted molar refractivity (Wildman–Crippen MR) is 81.5 cm³/mol. The standard InChI is InChI=1S/C11H14N2O3.C3H5ClO2/c12-7-10(14)13-9(6-11(15)16)8-4-2-1-3-5-8;1-2-6-3(4)5/h1-5,9H,6-7,12H2,(H,13,14)(H,15,16);2H2,1H3. The van der Waals surface area contributed by atoms with Gasteiger partial charge in [-0.2, -0.15) is 0 Å². The minimum Gasteiger partial charge on any atom is -0.481 e. The predicted octanol–water partition coefficient (Wildman–Crippen LogP) is 1.66. The molecule has 1 atom stereocenters. The maximum atomic E-state index is 11.1. The maximum absolute atomic E-state index is 11.1. The molecule has 0 saturated carbocycles. The van der Waals surface area contributed by atoms with Gasteiger partial charge in [-0.15, -0.1) is 0 Å². The first-order valence-corrected chi connectivity index (χ1v) is 6.86. The van der Waals surface area contributed by atoms with Gasteiger partial charge in [0.1, 0.15) is 0 Å². The molecule has 1 aromatic carbocycles. The van der Waals surface area contributed by atoms with Crippen LogP contribution >= 0.6 is 11.6 Å². The zero-order valence-electron chi connectivity index (χ0n) is 12.1. The number of rotatable bonds is 6. The fourth-order valence-corrected chi connectivity index (χ4v) is 1.59. The van der Waals surface area contributed by atoms with Crippen molar-refractivity contribution in [3.63, 3.8) is 0 Å². The van der Waals surface area contributed by atoms with Gasteiger partial charge in [0.25, 0.3) is 0 Å². The Morgan fingerprint density at radius 3 is 2.27 bits per heavy atom. The second kappa shape index (κ2) is 11.5. The molecule has 0 bridgehead atoms. The molecule has 1 unspecified atom stereocenters. The van der Waals surface area contributed by atoms with Crippen LogP contribution in [0.3, 0.4) is 0 Å². The lowest BCUT2D eigenvalue weighted by molar-refractivity contribution is -0.137. The fourth-order valence-electron chi connectivity index (χ4n) is 1.48. The quantitative estimate of drug-likeness (QED) is 0.682. The summed E-state index contributed by atoms with van der Waals surface area (Å²) in [5.74, 6) is -1.33. The summed E-state index contributed by atoms with van der Waals surface area (Å²) < 4.78 is 4.17. The number of nitrogens with one attached hydrogen (secondary N) is 1. The van der Waals surface area contributed by atoms with Crippen LogP contribution in [0.4, 0.5) is 4.79 Å². The SMILES string of the molecule is CCOC(=O)Cl.NCC(=O)NC(CC(=O)O)c1ccccc1. The van der Waals surface area contributed by atoms with Crippen molar-refractivity contribution in [2.24, 2.45) is 5.73 Å². The van der Waals surface area contributed by atoms with Crippen LogP contribution in [0.5, 0.6) is 0 Å². The third-order valence-corrected chi connectivity index (χ3v) is 2.47. The van der Waals surface area contributed by atoms with Crippen molar-refractivity contribution >= 4 is 28.9 Å². The number of carboxylic acid groups (broad SMARTS) is 1. The molecule has 0 radical (unpaired) electrons. The molecule has 122 valence electrons. The van der Waals surface area contributed by atoms with Crippen molar-refractivity contribution < 1.29 is 24.2 Å². The van der Waals surface area contributed by atoms with Crippen molar-refractivity contribution in [1.82, 2.24) is 5.32 Å². The third kappa shape index (κ3) is 9.73. The normalized spacial score (nSPS) is 10.7. The van der Waals surface area contributed by atoms with E-state index in [0.29, 0.717) is 6.61 Å². The van der Waals surface area contributed by atoms with Crippen LogP contribution in [-0.2, 0) is 14.3 Å². The van der Waals surface area contributed by atoms with Crippen molar-refractivity contribution in [2.45, 2.75) is 19.4 Å². The second-order valence-corrected chi connectivity index (χ2v) is 4.31. The monoisotopic (exact) mass is 330 g/mol. The van der Waals surface area contributed by atoms with E-state index in [4.69, 9.17) is 22.4 Å². The maximum Gasteiger partial charge on any atom is 0.403 e. The molecule has 0 aromatic heterocycles. The zero-order chi connectivity index (χ0) is 17.0. The Kier molecular flexibility index (Phi) is 10.4. The van der Waals surface area contributed by atoms with Gasteiger partial charge < -0.3 is 20.9 Å². The first-order valence-electron chi connectivity index (χ1n) is 6.49. The number of amides is 1. The summed E-state index contributed by atoms with van der Waals surface area (Å²) in [7, 11) is 0. The van der Waals surface area contributed by atoms with Gasteiger partial charge in [-0.25, -0.2) is 4.79 Å². The van der Waals surface area contributed by atoms with Gasteiger partial charge in [0, 0.05) is 11.6 Å². The van der Waals surface area contributed by atoms with Crippen LogP contribution in [0.1, 0.15) is 24.9 Å². The summed E-state index contributed by atoms with van der Waals surface area (Å²) in [5.41, 5.74) is 5.19. The molecule has 0 heterocycles. The number of nitrogens with two attached hydrogens (primary N) is 1. The highest BCUT2D eigenvalue weighted by Crippen LogP contribution is 2.16. The highest BCUT2D eigenvalue weighted by molar-refractivity contribution is 6.61.